The number of nitrogens with zero attached hydrogens (tertiary/aromatic N) is 3. The van der Waals surface area contributed by atoms with E-state index in [0.717, 1.165) is 5.39 Å². The molecule has 0 bridgehead atoms. The molecule has 17 heavy (non-hydrogen) atoms. The summed E-state index contributed by atoms with van der Waals surface area (Å²) in [6, 6.07) is 3.61. The van der Waals surface area contributed by atoms with Crippen LogP contribution in [0.15, 0.2) is 30.9 Å². The van der Waals surface area contributed by atoms with E-state index in [1.165, 1.54) is 6.33 Å². The molecule has 0 aliphatic rings. The van der Waals surface area contributed by atoms with Gasteiger partial charge in [-0.3, -0.25) is 10.1 Å². The normalized spacial score (nSPS) is 10.6. The summed E-state index contributed by atoms with van der Waals surface area (Å²) in [4.78, 5) is 22.8. The monoisotopic (exact) mass is 228 g/mol. The van der Waals surface area contributed by atoms with Crippen LogP contribution in [0.3, 0.4) is 0 Å². The molecule has 0 radical (unpaired) electrons. The lowest BCUT2D eigenvalue weighted by molar-refractivity contribution is 0.102. The van der Waals surface area contributed by atoms with Gasteiger partial charge in [0, 0.05) is 17.8 Å². The quantitative estimate of drug-likeness (QED) is 0.607. The van der Waals surface area contributed by atoms with E-state index in [9.17, 15) is 4.79 Å². The Morgan fingerprint density at radius 1 is 1.35 bits per heavy atom. The second-order valence-corrected chi connectivity index (χ2v) is 3.39. The lowest BCUT2D eigenvalue weighted by atomic mass is 10.2. The van der Waals surface area contributed by atoms with Gasteiger partial charge in [0.25, 0.3) is 5.91 Å². The summed E-state index contributed by atoms with van der Waals surface area (Å²) in [5, 5.41) is 9.58. The first-order valence-corrected chi connectivity index (χ1v) is 4.93. The number of carbonyl (C=O) groups is 1. The van der Waals surface area contributed by atoms with Gasteiger partial charge in [-0.1, -0.05) is 0 Å². The van der Waals surface area contributed by atoms with Gasteiger partial charge in [-0.2, -0.15) is 10.1 Å². The fourth-order valence-corrected chi connectivity index (χ4v) is 1.58. The molecule has 84 valence electrons. The Labute approximate surface area is 95.3 Å². The van der Waals surface area contributed by atoms with Gasteiger partial charge in [0.05, 0.1) is 5.56 Å². The first-order chi connectivity index (χ1) is 8.34. The Balaban J connectivity index is 1.96. The fraction of sp³-hybridized carbons (Fsp3) is 0. The second kappa shape index (κ2) is 3.71. The van der Waals surface area contributed by atoms with E-state index < -0.39 is 0 Å². The number of aromatic nitrogens is 5. The molecular weight excluding hydrogens is 220 g/mol. The predicted molar refractivity (Wildman–Crippen MR) is 60.4 cm³/mol. The molecule has 0 saturated carbocycles. The van der Waals surface area contributed by atoms with Crippen molar-refractivity contribution in [3.63, 3.8) is 0 Å². The maximum atomic E-state index is 11.9. The minimum Gasteiger partial charge on any atom is -0.345 e. The molecule has 0 unspecified atom stereocenters. The summed E-state index contributed by atoms with van der Waals surface area (Å²) in [6.07, 6.45) is 4.60. The van der Waals surface area contributed by atoms with Gasteiger partial charge in [0.2, 0.25) is 5.95 Å². The summed E-state index contributed by atoms with van der Waals surface area (Å²) in [6.45, 7) is 0. The predicted octanol–water partition coefficient (Wildman–Crippen LogP) is 0.933. The van der Waals surface area contributed by atoms with Crippen molar-refractivity contribution in [1.82, 2.24) is 25.1 Å². The number of aromatic amines is 2. The number of carbonyl (C=O) groups excluding carboxylic acids is 1. The first-order valence-electron chi connectivity index (χ1n) is 4.93. The molecule has 0 spiro atoms. The highest BCUT2D eigenvalue weighted by atomic mass is 16.1. The largest absolute Gasteiger partial charge is 0.345 e. The third-order valence-corrected chi connectivity index (χ3v) is 2.34. The SMILES string of the molecule is O=C(Nc1ncn[nH]1)c1c[nH]c2ncccc12. The standard InChI is InChI=1S/C10H8N6O/c17-9(15-10-13-5-14-16-10)7-4-12-8-6(7)2-1-3-11-8/h1-5H,(H,11,12)(H2,13,14,15,16,17). The molecule has 0 aromatic carbocycles. The van der Waals surface area contributed by atoms with Gasteiger partial charge in [0.1, 0.15) is 12.0 Å². The molecule has 3 N–H and O–H groups in total. The summed E-state index contributed by atoms with van der Waals surface area (Å²) in [5.41, 5.74) is 1.19. The van der Waals surface area contributed by atoms with Crippen LogP contribution in [0.5, 0.6) is 0 Å². The third kappa shape index (κ3) is 1.63. The summed E-state index contributed by atoms with van der Waals surface area (Å²) in [7, 11) is 0. The second-order valence-electron chi connectivity index (χ2n) is 3.39. The number of rotatable bonds is 2. The van der Waals surface area contributed by atoms with Crippen LogP contribution < -0.4 is 5.32 Å². The number of fused-ring (bicyclic) bond motifs is 1. The number of hydrogen-bond donors (Lipinski definition) is 3. The van der Waals surface area contributed by atoms with Crippen molar-refractivity contribution >= 4 is 22.9 Å². The highest BCUT2D eigenvalue weighted by Gasteiger charge is 2.13. The highest BCUT2D eigenvalue weighted by Crippen LogP contribution is 2.16. The highest BCUT2D eigenvalue weighted by molar-refractivity contribution is 6.11. The Bertz CT molecular complexity index is 656. The number of amides is 1. The van der Waals surface area contributed by atoms with Crippen molar-refractivity contribution in [3.8, 4) is 0 Å². The molecule has 0 fully saturated rings. The average Bonchev–Trinajstić information content (AvgIpc) is 2.96. The maximum absolute atomic E-state index is 11.9. The number of pyridine rings is 1. The topological polar surface area (TPSA) is 99.4 Å². The van der Waals surface area contributed by atoms with Gasteiger partial charge in [-0.15, -0.1) is 0 Å². The zero-order valence-corrected chi connectivity index (χ0v) is 8.64. The first kappa shape index (κ1) is 9.52. The Hall–Kier alpha value is -2.70. The molecule has 1 amide bonds. The smallest absolute Gasteiger partial charge is 0.260 e. The molecule has 0 aliphatic heterocycles. The molecule has 3 heterocycles. The van der Waals surface area contributed by atoms with Gasteiger partial charge in [-0.05, 0) is 12.1 Å². The zero-order valence-electron chi connectivity index (χ0n) is 8.64. The van der Waals surface area contributed by atoms with Crippen LogP contribution >= 0.6 is 0 Å². The Kier molecular flexibility index (Phi) is 2.08. The van der Waals surface area contributed by atoms with Crippen molar-refractivity contribution in [2.45, 2.75) is 0 Å². The number of hydrogen-bond acceptors (Lipinski definition) is 4. The maximum Gasteiger partial charge on any atom is 0.260 e. The number of anilines is 1. The molecule has 3 aromatic rings. The van der Waals surface area contributed by atoms with Gasteiger partial charge in [0.15, 0.2) is 0 Å². The van der Waals surface area contributed by atoms with Crippen LogP contribution in [0.2, 0.25) is 0 Å². The van der Waals surface area contributed by atoms with E-state index in [4.69, 9.17) is 0 Å². The van der Waals surface area contributed by atoms with Gasteiger partial charge < -0.3 is 4.98 Å². The van der Waals surface area contributed by atoms with Crippen LogP contribution in [0.4, 0.5) is 5.95 Å². The third-order valence-electron chi connectivity index (χ3n) is 2.34. The van der Waals surface area contributed by atoms with Crippen molar-refractivity contribution in [2.24, 2.45) is 0 Å². The van der Waals surface area contributed by atoms with Crippen LogP contribution in [0.25, 0.3) is 11.0 Å². The van der Waals surface area contributed by atoms with Crippen molar-refractivity contribution in [3.05, 3.63) is 36.4 Å². The molecular formula is C10H8N6O. The molecule has 3 rings (SSSR count). The lowest BCUT2D eigenvalue weighted by Crippen LogP contribution is -2.12. The Morgan fingerprint density at radius 2 is 2.29 bits per heavy atom. The summed E-state index contributed by atoms with van der Waals surface area (Å²) < 4.78 is 0. The molecule has 0 aliphatic carbocycles. The lowest BCUT2D eigenvalue weighted by Gasteiger charge is -1.98. The number of nitrogens with one attached hydrogen (secondary N) is 3. The van der Waals surface area contributed by atoms with E-state index in [0.29, 0.717) is 17.2 Å². The number of H-pyrrole nitrogens is 2. The molecule has 7 nitrogen and oxygen atoms in total. The van der Waals surface area contributed by atoms with E-state index in [1.807, 2.05) is 6.07 Å². The minimum absolute atomic E-state index is 0.263. The van der Waals surface area contributed by atoms with Crippen LogP contribution in [0.1, 0.15) is 10.4 Å². The average molecular weight is 228 g/mol. The van der Waals surface area contributed by atoms with E-state index >= 15 is 0 Å². The van der Waals surface area contributed by atoms with Gasteiger partial charge >= 0.3 is 0 Å². The van der Waals surface area contributed by atoms with Crippen molar-refractivity contribution < 1.29 is 4.79 Å². The Morgan fingerprint density at radius 3 is 3.12 bits per heavy atom. The molecule has 0 atom stereocenters. The minimum atomic E-state index is -0.263. The van der Waals surface area contributed by atoms with E-state index in [2.05, 4.69) is 30.5 Å². The van der Waals surface area contributed by atoms with Crippen molar-refractivity contribution in [1.29, 1.82) is 0 Å². The van der Waals surface area contributed by atoms with Crippen LogP contribution in [-0.2, 0) is 0 Å². The van der Waals surface area contributed by atoms with Crippen LogP contribution in [-0.4, -0.2) is 31.1 Å². The zero-order chi connectivity index (χ0) is 11.7. The van der Waals surface area contributed by atoms with Crippen molar-refractivity contribution in [2.75, 3.05) is 5.32 Å². The van der Waals surface area contributed by atoms with E-state index in [1.54, 1.807) is 18.5 Å². The summed E-state index contributed by atoms with van der Waals surface area (Å²) >= 11 is 0. The summed E-state index contributed by atoms with van der Waals surface area (Å²) in [5.74, 6) is 0.0502. The van der Waals surface area contributed by atoms with Gasteiger partial charge in [-0.25, -0.2) is 10.1 Å². The molecule has 7 heteroatoms. The molecule has 0 saturated heterocycles. The molecule has 3 aromatic heterocycles. The van der Waals surface area contributed by atoms with Crippen LogP contribution in [0, 0.1) is 0 Å². The fourth-order valence-electron chi connectivity index (χ4n) is 1.58. The van der Waals surface area contributed by atoms with E-state index in [-0.39, 0.29) is 5.91 Å².